The highest BCUT2D eigenvalue weighted by molar-refractivity contribution is 5.92. The molecule has 0 aliphatic heterocycles. The SMILES string of the molecule is CNC(=O)c1cn(CCC(F)Cn2cc(C(=O)NCc3ccc(C(C)(F)F)nc3)nn2)nn1. The van der Waals surface area contributed by atoms with Gasteiger partial charge in [0.2, 0.25) is 0 Å². The Kier molecular flexibility index (Phi) is 7.35. The van der Waals surface area contributed by atoms with Crippen molar-refractivity contribution >= 4 is 11.8 Å². The molecule has 0 spiro atoms. The Labute approximate surface area is 186 Å². The van der Waals surface area contributed by atoms with Gasteiger partial charge in [-0.3, -0.25) is 19.3 Å². The van der Waals surface area contributed by atoms with Gasteiger partial charge in [0.05, 0.1) is 18.9 Å². The van der Waals surface area contributed by atoms with E-state index in [-0.39, 0.29) is 49.0 Å². The Bertz CT molecular complexity index is 1090. The number of carbonyl (C=O) groups excluding carboxylic acids is 2. The number of halogens is 3. The zero-order valence-corrected chi connectivity index (χ0v) is 17.9. The summed E-state index contributed by atoms with van der Waals surface area (Å²) in [5.41, 5.74) is 0.283. The van der Waals surface area contributed by atoms with Crippen molar-refractivity contribution in [2.45, 2.75) is 45.1 Å². The summed E-state index contributed by atoms with van der Waals surface area (Å²) in [7, 11) is 1.47. The summed E-state index contributed by atoms with van der Waals surface area (Å²) in [6.45, 7) is 0.869. The van der Waals surface area contributed by atoms with E-state index in [1.165, 1.54) is 47.1 Å². The number of hydrogen-bond donors (Lipinski definition) is 2. The van der Waals surface area contributed by atoms with Gasteiger partial charge in [-0.2, -0.15) is 8.78 Å². The van der Waals surface area contributed by atoms with E-state index in [0.717, 1.165) is 6.92 Å². The van der Waals surface area contributed by atoms with Gasteiger partial charge in [0.15, 0.2) is 11.4 Å². The van der Waals surface area contributed by atoms with Crippen LogP contribution in [0.25, 0.3) is 0 Å². The van der Waals surface area contributed by atoms with Crippen LogP contribution in [0.2, 0.25) is 0 Å². The average molecular weight is 465 g/mol. The lowest BCUT2D eigenvalue weighted by molar-refractivity contribution is 0.0127. The highest BCUT2D eigenvalue weighted by Gasteiger charge is 2.25. The first kappa shape index (κ1) is 23.8. The molecule has 11 nitrogen and oxygen atoms in total. The predicted octanol–water partition coefficient (Wildman–Crippen LogP) is 1.09. The maximum Gasteiger partial charge on any atom is 0.286 e. The van der Waals surface area contributed by atoms with E-state index in [2.05, 4.69) is 36.2 Å². The molecule has 14 heteroatoms. The minimum Gasteiger partial charge on any atom is -0.354 e. The van der Waals surface area contributed by atoms with Crippen molar-refractivity contribution in [1.82, 2.24) is 45.6 Å². The Morgan fingerprint density at radius 3 is 2.39 bits per heavy atom. The summed E-state index contributed by atoms with van der Waals surface area (Å²) in [4.78, 5) is 27.4. The van der Waals surface area contributed by atoms with E-state index in [1.54, 1.807) is 0 Å². The normalized spacial score (nSPS) is 12.4. The van der Waals surface area contributed by atoms with Crippen LogP contribution in [0, 0.1) is 0 Å². The van der Waals surface area contributed by atoms with Crippen LogP contribution in [0.5, 0.6) is 0 Å². The topological polar surface area (TPSA) is 133 Å². The second-order valence-corrected chi connectivity index (χ2v) is 7.28. The van der Waals surface area contributed by atoms with Crippen LogP contribution in [-0.2, 0) is 25.6 Å². The van der Waals surface area contributed by atoms with Crippen LogP contribution in [0.1, 0.15) is 45.6 Å². The summed E-state index contributed by atoms with van der Waals surface area (Å²) in [5.74, 6) is -3.98. The fourth-order valence-corrected chi connectivity index (χ4v) is 2.76. The molecule has 2 N–H and O–H groups in total. The zero-order chi connectivity index (χ0) is 24.0. The number of nitrogens with one attached hydrogen (secondary N) is 2. The lowest BCUT2D eigenvalue weighted by atomic mass is 10.2. The van der Waals surface area contributed by atoms with Crippen LogP contribution in [0.4, 0.5) is 13.2 Å². The van der Waals surface area contributed by atoms with E-state index in [0.29, 0.717) is 5.56 Å². The van der Waals surface area contributed by atoms with E-state index in [1.807, 2.05) is 0 Å². The third kappa shape index (κ3) is 6.57. The number of alkyl halides is 3. The zero-order valence-electron chi connectivity index (χ0n) is 17.9. The number of carbonyl (C=O) groups is 2. The van der Waals surface area contributed by atoms with Crippen LogP contribution in [0.15, 0.2) is 30.7 Å². The quantitative estimate of drug-likeness (QED) is 0.458. The average Bonchev–Trinajstić information content (AvgIpc) is 3.45. The van der Waals surface area contributed by atoms with Crippen molar-refractivity contribution in [1.29, 1.82) is 0 Å². The van der Waals surface area contributed by atoms with Crippen LogP contribution in [0.3, 0.4) is 0 Å². The summed E-state index contributed by atoms with van der Waals surface area (Å²) in [6.07, 6.45) is 2.75. The molecule has 2 amide bonds. The van der Waals surface area contributed by atoms with Gasteiger partial charge in [0.25, 0.3) is 17.7 Å². The predicted molar refractivity (Wildman–Crippen MR) is 108 cm³/mol. The maximum absolute atomic E-state index is 14.3. The monoisotopic (exact) mass is 465 g/mol. The minimum atomic E-state index is -3.04. The fraction of sp³-hybridized carbons (Fsp3) is 0.421. The first-order chi connectivity index (χ1) is 15.7. The van der Waals surface area contributed by atoms with Gasteiger partial charge in [-0.25, -0.2) is 9.07 Å². The van der Waals surface area contributed by atoms with Crippen molar-refractivity contribution < 1.29 is 22.8 Å². The molecule has 176 valence electrons. The van der Waals surface area contributed by atoms with Gasteiger partial charge in [0, 0.05) is 39.7 Å². The van der Waals surface area contributed by atoms with Crippen LogP contribution < -0.4 is 10.6 Å². The van der Waals surface area contributed by atoms with Crippen molar-refractivity contribution in [3.8, 4) is 0 Å². The molecule has 0 aliphatic rings. The third-order valence-electron chi connectivity index (χ3n) is 4.55. The fourth-order valence-electron chi connectivity index (χ4n) is 2.76. The molecule has 0 fully saturated rings. The second-order valence-electron chi connectivity index (χ2n) is 7.28. The number of hydrogen-bond acceptors (Lipinski definition) is 7. The number of nitrogens with zero attached hydrogens (tertiary/aromatic N) is 7. The van der Waals surface area contributed by atoms with Gasteiger partial charge >= 0.3 is 0 Å². The van der Waals surface area contributed by atoms with Crippen molar-refractivity contribution in [2.75, 3.05) is 7.05 Å². The third-order valence-corrected chi connectivity index (χ3v) is 4.55. The molecule has 0 bridgehead atoms. The Morgan fingerprint density at radius 1 is 1.09 bits per heavy atom. The van der Waals surface area contributed by atoms with Crippen molar-refractivity contribution in [2.24, 2.45) is 0 Å². The molecule has 1 unspecified atom stereocenters. The van der Waals surface area contributed by atoms with E-state index in [9.17, 15) is 22.8 Å². The molecule has 0 saturated carbocycles. The summed E-state index contributed by atoms with van der Waals surface area (Å²) >= 11 is 0. The molecule has 3 heterocycles. The highest BCUT2D eigenvalue weighted by Crippen LogP contribution is 2.24. The van der Waals surface area contributed by atoms with Crippen molar-refractivity contribution in [3.05, 3.63) is 53.4 Å². The smallest absolute Gasteiger partial charge is 0.286 e. The molecule has 0 aromatic carbocycles. The largest absolute Gasteiger partial charge is 0.354 e. The Balaban J connectivity index is 1.46. The van der Waals surface area contributed by atoms with Gasteiger partial charge in [-0.05, 0) is 11.6 Å². The van der Waals surface area contributed by atoms with E-state index in [4.69, 9.17) is 0 Å². The van der Waals surface area contributed by atoms with Gasteiger partial charge in [-0.15, -0.1) is 10.2 Å². The number of amides is 2. The molecule has 0 radical (unpaired) electrons. The number of pyridine rings is 1. The number of rotatable bonds is 10. The first-order valence-corrected chi connectivity index (χ1v) is 9.93. The summed E-state index contributed by atoms with van der Waals surface area (Å²) < 4.78 is 43.3. The maximum atomic E-state index is 14.3. The molecule has 0 saturated heterocycles. The molecule has 3 aromatic heterocycles. The first-order valence-electron chi connectivity index (χ1n) is 9.93. The second kappa shape index (κ2) is 10.2. The molecule has 33 heavy (non-hydrogen) atoms. The highest BCUT2D eigenvalue weighted by atomic mass is 19.3. The minimum absolute atomic E-state index is 0.0154. The van der Waals surface area contributed by atoms with Gasteiger partial charge < -0.3 is 10.6 Å². The number of aromatic nitrogens is 7. The Morgan fingerprint density at radius 2 is 1.76 bits per heavy atom. The summed E-state index contributed by atoms with van der Waals surface area (Å²) in [5, 5.41) is 19.9. The van der Waals surface area contributed by atoms with E-state index >= 15 is 0 Å². The lowest BCUT2D eigenvalue weighted by Gasteiger charge is -2.10. The number of aryl methyl sites for hydroxylation is 1. The van der Waals surface area contributed by atoms with E-state index < -0.39 is 18.0 Å². The molecule has 3 rings (SSSR count). The lowest BCUT2D eigenvalue weighted by Crippen LogP contribution is -2.23. The standard InChI is InChI=1S/C19H22F3N9O2/c1-19(21,22)16-4-3-12(7-24-16)8-25-18(33)15-11-31(29-27-15)9-13(20)5-6-30-10-14(26-28-30)17(32)23-2/h3-4,7,10-11,13H,5-6,8-9H2,1-2H3,(H,23,32)(H,25,33). The van der Waals surface area contributed by atoms with Gasteiger partial charge in [0.1, 0.15) is 11.9 Å². The molecular weight excluding hydrogens is 443 g/mol. The van der Waals surface area contributed by atoms with Crippen LogP contribution in [-0.4, -0.2) is 60.0 Å². The molecular formula is C19H22F3N9O2. The molecule has 0 aliphatic carbocycles. The molecule has 1 atom stereocenters. The van der Waals surface area contributed by atoms with Crippen molar-refractivity contribution in [3.63, 3.8) is 0 Å². The molecule has 3 aromatic rings. The summed E-state index contributed by atoms with van der Waals surface area (Å²) in [6, 6.07) is 2.63. The Hall–Kier alpha value is -3.84. The van der Waals surface area contributed by atoms with Gasteiger partial charge in [-0.1, -0.05) is 16.5 Å². The van der Waals surface area contributed by atoms with Crippen LogP contribution >= 0.6 is 0 Å².